The van der Waals surface area contributed by atoms with Crippen LogP contribution < -0.4 is 0 Å². The topological polar surface area (TPSA) is 85.3 Å². The van der Waals surface area contributed by atoms with Crippen molar-refractivity contribution in [2.75, 3.05) is 0 Å². The maximum atomic E-state index is 12.1. The van der Waals surface area contributed by atoms with Gasteiger partial charge >= 0.3 is 0 Å². The molecule has 550 valence electrons. The highest BCUT2D eigenvalue weighted by Crippen LogP contribution is 2.26. The van der Waals surface area contributed by atoms with Crippen LogP contribution in [0.4, 0.5) is 0 Å². The lowest BCUT2D eigenvalue weighted by Crippen LogP contribution is -2.14. The Labute approximate surface area is 645 Å². The molecule has 0 unspecified atom stereocenters. The summed E-state index contributed by atoms with van der Waals surface area (Å²) < 4.78 is 2.04. The van der Waals surface area contributed by atoms with Crippen molar-refractivity contribution < 1.29 is 24.0 Å². The molecule has 0 atom stereocenters. The average molecular weight is 1590 g/mol. The molecule has 0 aromatic heterocycles. The lowest BCUT2D eigenvalue weighted by Gasteiger charge is -2.17. The number of fused-ring (bicyclic) bond motifs is 2. The van der Waals surface area contributed by atoms with Crippen LogP contribution in [0.2, 0.25) is 0 Å². The Morgan fingerprint density at radius 2 is 0.515 bits per heavy atom. The maximum absolute atomic E-state index is 12.1. The van der Waals surface area contributed by atoms with E-state index in [2.05, 4.69) is 114 Å². The first-order chi connectivity index (χ1) is 49.0. The van der Waals surface area contributed by atoms with Gasteiger partial charge in [-0.3, -0.25) is 24.0 Å². The van der Waals surface area contributed by atoms with Crippen molar-refractivity contribution >= 4 is 74.1 Å². The van der Waals surface area contributed by atoms with Crippen molar-refractivity contribution in [3.05, 3.63) is 352 Å². The number of benzene rings is 10. The van der Waals surface area contributed by atoms with Gasteiger partial charge in [0.15, 0.2) is 28.9 Å². The minimum atomic E-state index is 0.121. The first-order valence-corrected chi connectivity index (χ1v) is 38.7. The largest absolute Gasteiger partial charge is 0.295 e. The Balaban J connectivity index is -0.000000195. The van der Waals surface area contributed by atoms with Crippen molar-refractivity contribution in [1.29, 1.82) is 0 Å². The van der Waals surface area contributed by atoms with Crippen molar-refractivity contribution in [3.63, 3.8) is 0 Å². The highest BCUT2D eigenvalue weighted by atomic mass is 127. The SMILES string of the molecule is CC.CC.CC.CC.CC.CC.CC.CC.CC.CC.CC(=O)c1ccccc1.CC(=O)c1ccccc1Cc1ccccc1.CC(=O)c1ccccc1I.CC(=O)c1ccccc1I.Cc1ccccc1.Cc1ccccc1.Cc1ccccc1.O=C1c2ccccc2Cc2ccccc21. The number of carbonyl (C=O) groups excluding carboxylic acids is 5. The third kappa shape index (κ3) is 52.6. The summed E-state index contributed by atoms with van der Waals surface area (Å²) in [4.78, 5) is 55.9. The van der Waals surface area contributed by atoms with Crippen molar-refractivity contribution in [2.45, 2.75) is 200 Å². The molecule has 0 heterocycles. The van der Waals surface area contributed by atoms with E-state index in [9.17, 15) is 24.0 Å². The van der Waals surface area contributed by atoms with Gasteiger partial charge in [0.1, 0.15) is 0 Å². The summed E-state index contributed by atoms with van der Waals surface area (Å²) in [6, 6.07) is 88.8. The first-order valence-electron chi connectivity index (χ1n) is 36.5. The lowest BCUT2D eigenvalue weighted by atomic mass is 9.85. The van der Waals surface area contributed by atoms with Crippen molar-refractivity contribution in [2.24, 2.45) is 0 Å². The van der Waals surface area contributed by atoms with E-state index in [-0.39, 0.29) is 28.9 Å². The summed E-state index contributed by atoms with van der Waals surface area (Å²) in [5.41, 5.74) is 13.5. The molecule has 7 heteroatoms. The van der Waals surface area contributed by atoms with Gasteiger partial charge in [-0.1, -0.05) is 416 Å². The number of Topliss-reactive ketones (excluding diaryl/α,β-unsaturated/α-hetero) is 4. The second-order valence-corrected chi connectivity index (χ2v) is 21.0. The normalized spacial score (nSPS) is 8.62. The summed E-state index contributed by atoms with van der Waals surface area (Å²) in [5, 5.41) is 0. The van der Waals surface area contributed by atoms with Crippen LogP contribution in [0, 0.1) is 27.9 Å². The third-order valence-corrected chi connectivity index (χ3v) is 13.9. The zero-order valence-corrected chi connectivity index (χ0v) is 71.5. The number of rotatable bonds is 6. The van der Waals surface area contributed by atoms with E-state index in [4.69, 9.17) is 0 Å². The summed E-state index contributed by atoms with van der Waals surface area (Å²) in [6.07, 6.45) is 1.69. The van der Waals surface area contributed by atoms with Gasteiger partial charge in [0.2, 0.25) is 0 Å². The van der Waals surface area contributed by atoms with Gasteiger partial charge in [-0.25, -0.2) is 0 Å². The van der Waals surface area contributed by atoms with Crippen LogP contribution in [0.5, 0.6) is 0 Å². The first kappa shape index (κ1) is 106. The predicted octanol–water partition coefficient (Wildman–Crippen LogP) is 29.4. The van der Waals surface area contributed by atoms with E-state index in [1.54, 1.807) is 27.7 Å². The second-order valence-electron chi connectivity index (χ2n) is 18.7. The van der Waals surface area contributed by atoms with Crippen molar-refractivity contribution in [3.8, 4) is 0 Å². The van der Waals surface area contributed by atoms with Gasteiger partial charge in [0.25, 0.3) is 0 Å². The molecule has 0 aliphatic heterocycles. The standard InChI is InChI=1S/C15H14O.C14H10O.2C8H7IO.C8H8O.3C7H8.10C2H6/c1-12(16)15-10-6-5-9-14(15)11-13-7-3-2-4-8-13;15-14-12-7-3-1-5-10(12)9-11-6-2-4-8-13(11)14;2*1-6(10)7-4-2-3-5-8(7)9;1-7(9)8-5-3-2-4-6-8;3*1-7-5-3-2-4-6-7;10*1-2/h2-10H,11H2,1H3;1-8H,9H2;2*2-5H,1H3;2-6H,1H3;3*2-6H,1H3;10*1-2H3. The summed E-state index contributed by atoms with van der Waals surface area (Å²) in [7, 11) is 0. The van der Waals surface area contributed by atoms with Crippen LogP contribution in [-0.4, -0.2) is 28.9 Å². The van der Waals surface area contributed by atoms with E-state index >= 15 is 0 Å². The molecular formula is C94H130I2O5. The van der Waals surface area contributed by atoms with E-state index in [1.807, 2.05) is 363 Å². The van der Waals surface area contributed by atoms with Crippen LogP contribution in [0.1, 0.15) is 262 Å². The van der Waals surface area contributed by atoms with Crippen LogP contribution in [0.3, 0.4) is 0 Å². The Morgan fingerprint density at radius 3 is 0.762 bits per heavy atom. The molecule has 10 aromatic carbocycles. The van der Waals surface area contributed by atoms with Gasteiger partial charge in [0, 0.05) is 40.5 Å². The molecule has 10 aromatic rings. The molecule has 11 rings (SSSR count). The monoisotopic (exact) mass is 1590 g/mol. The predicted molar refractivity (Wildman–Crippen MR) is 467 cm³/mol. The molecule has 0 N–H and O–H groups in total. The number of carbonyl (C=O) groups is 5. The van der Waals surface area contributed by atoms with Crippen LogP contribution in [-0.2, 0) is 12.8 Å². The molecule has 0 spiro atoms. The average Bonchev–Trinajstić information content (AvgIpc) is 0.788. The van der Waals surface area contributed by atoms with E-state index < -0.39 is 0 Å². The lowest BCUT2D eigenvalue weighted by molar-refractivity contribution is 0.100. The second kappa shape index (κ2) is 77.7. The molecule has 0 bridgehead atoms. The summed E-state index contributed by atoms with van der Waals surface area (Å²) >= 11 is 4.31. The van der Waals surface area contributed by atoms with Crippen LogP contribution in [0.15, 0.2) is 273 Å². The van der Waals surface area contributed by atoms with Crippen LogP contribution in [0.25, 0.3) is 0 Å². The van der Waals surface area contributed by atoms with Gasteiger partial charge in [-0.2, -0.15) is 0 Å². The molecule has 1 aliphatic carbocycles. The number of hydrogen-bond acceptors (Lipinski definition) is 5. The maximum Gasteiger partial charge on any atom is 0.193 e. The number of halogens is 2. The summed E-state index contributed by atoms with van der Waals surface area (Å²) in [5.74, 6) is 0.671. The molecule has 101 heavy (non-hydrogen) atoms. The molecule has 0 fully saturated rings. The zero-order chi connectivity index (χ0) is 78.8. The quantitative estimate of drug-likeness (QED) is 0.122. The smallest absolute Gasteiger partial charge is 0.193 e. The molecule has 0 radical (unpaired) electrons. The fourth-order valence-electron chi connectivity index (χ4n) is 7.75. The number of aryl methyl sites for hydroxylation is 3. The minimum Gasteiger partial charge on any atom is -0.295 e. The van der Waals surface area contributed by atoms with Gasteiger partial charge in [-0.05, 0) is 141 Å². The van der Waals surface area contributed by atoms with Gasteiger partial charge in [-0.15, -0.1) is 0 Å². The number of hydrogen-bond donors (Lipinski definition) is 0. The Kier molecular flexibility index (Phi) is 81.9. The summed E-state index contributed by atoms with van der Waals surface area (Å²) in [6.45, 7) is 52.6. The molecule has 0 amide bonds. The highest BCUT2D eigenvalue weighted by molar-refractivity contribution is 14.1. The van der Waals surface area contributed by atoms with Crippen molar-refractivity contribution in [1.82, 2.24) is 0 Å². The van der Waals surface area contributed by atoms with E-state index in [1.165, 1.54) is 22.3 Å². The Morgan fingerprint density at radius 1 is 0.277 bits per heavy atom. The molecule has 5 nitrogen and oxygen atoms in total. The molecule has 0 saturated heterocycles. The Bertz CT molecular complexity index is 3300. The fraction of sp³-hybridized carbons (Fsp3) is 0.309. The van der Waals surface area contributed by atoms with E-state index in [0.29, 0.717) is 0 Å². The zero-order valence-electron chi connectivity index (χ0n) is 67.2. The van der Waals surface area contributed by atoms with E-state index in [0.717, 1.165) is 70.1 Å². The molecular weight excluding hydrogens is 1460 g/mol. The molecule has 1 aliphatic rings. The number of ketones is 5. The Hall–Kier alpha value is -7.99. The molecule has 0 saturated carbocycles. The minimum absolute atomic E-state index is 0.121. The van der Waals surface area contributed by atoms with Crippen LogP contribution >= 0.6 is 45.2 Å². The van der Waals surface area contributed by atoms with Gasteiger partial charge < -0.3 is 0 Å². The fourth-order valence-corrected chi connectivity index (χ4v) is 9.28. The highest BCUT2D eigenvalue weighted by Gasteiger charge is 2.21. The third-order valence-electron chi connectivity index (χ3n) is 12.0. The van der Waals surface area contributed by atoms with Gasteiger partial charge in [0.05, 0.1) is 0 Å².